The zero-order chi connectivity index (χ0) is 25.9. The summed E-state index contributed by atoms with van der Waals surface area (Å²) in [5.41, 5.74) is 0. The lowest BCUT2D eigenvalue weighted by atomic mass is 9.98. The minimum Gasteiger partial charge on any atom is -0.363 e. The normalized spacial score (nSPS) is 18.2. The van der Waals surface area contributed by atoms with Crippen LogP contribution in [-0.2, 0) is 4.74 Å². The third-order valence-electron chi connectivity index (χ3n) is 3.18. The Morgan fingerprint density at radius 1 is 0.452 bits per heavy atom. The van der Waals surface area contributed by atoms with Gasteiger partial charge >= 0.3 is 47.9 Å². The Morgan fingerprint density at radius 3 is 1.06 bits per heavy atom. The maximum absolute atomic E-state index is 13.1. The Morgan fingerprint density at radius 2 is 0.774 bits per heavy atom. The lowest BCUT2D eigenvalue weighted by molar-refractivity contribution is -0.448. The second kappa shape index (κ2) is 7.58. The number of rotatable bonds is 8. The van der Waals surface area contributed by atoms with Crippen LogP contribution in [0.4, 0.5) is 83.4 Å². The summed E-state index contributed by atoms with van der Waals surface area (Å²) in [6.45, 7) is 0. The molecule has 188 valence electrons. The van der Waals surface area contributed by atoms with Crippen molar-refractivity contribution in [3.05, 3.63) is 0 Å². The Labute approximate surface area is 155 Å². The molecule has 0 fully saturated rings. The lowest BCUT2D eigenvalue weighted by Crippen LogP contribution is -2.69. The van der Waals surface area contributed by atoms with Crippen LogP contribution in [0.2, 0.25) is 0 Å². The zero-order valence-electron chi connectivity index (χ0n) is 13.2. The van der Waals surface area contributed by atoms with E-state index in [9.17, 15) is 83.4 Å². The average Bonchev–Trinajstić information content (AvgIpc) is 2.51. The SMILES string of the molecule is OC(OC(F)C(F)(F)C(F)(F)C(F)(F)C(F)(F)C(F)(F)F)C(F)(F)C(F)(F)C(F)(F)F. The molecular weight excluding hydrogens is 513 g/mol. The predicted octanol–water partition coefficient (Wildman–Crippen LogP) is 5.55. The van der Waals surface area contributed by atoms with Gasteiger partial charge in [0.25, 0.3) is 6.36 Å². The molecule has 0 aromatic carbocycles. The molecule has 1 N–H and O–H groups in total. The molecule has 21 heteroatoms. The molecule has 2 nitrogen and oxygen atoms in total. The second-order valence-electron chi connectivity index (χ2n) is 5.34. The van der Waals surface area contributed by atoms with E-state index in [0.29, 0.717) is 0 Å². The van der Waals surface area contributed by atoms with Gasteiger partial charge in [0.05, 0.1) is 0 Å². The van der Waals surface area contributed by atoms with E-state index in [1.807, 2.05) is 4.74 Å². The van der Waals surface area contributed by atoms with Gasteiger partial charge in [0.1, 0.15) is 0 Å². The highest BCUT2D eigenvalue weighted by atomic mass is 19.4. The Kier molecular flexibility index (Phi) is 7.23. The van der Waals surface area contributed by atoms with Gasteiger partial charge in [0.2, 0.25) is 6.29 Å². The van der Waals surface area contributed by atoms with Gasteiger partial charge in [-0.25, -0.2) is 4.39 Å². The van der Waals surface area contributed by atoms with Crippen molar-refractivity contribution in [2.24, 2.45) is 0 Å². The molecule has 0 radical (unpaired) electrons. The number of halogens is 19. The molecule has 0 rings (SSSR count). The van der Waals surface area contributed by atoms with E-state index in [1.165, 1.54) is 0 Å². The lowest BCUT2D eigenvalue weighted by Gasteiger charge is -2.38. The van der Waals surface area contributed by atoms with Gasteiger partial charge in [-0.05, 0) is 0 Å². The standard InChI is InChI=1S/C10H3F19O2/c11-1(31-2(30)4(14,15)6(18,19)9(24,25)26)3(12,13)5(16,17)7(20,21)8(22,23)10(27,28)29/h1-2,30H. The van der Waals surface area contributed by atoms with Crippen LogP contribution in [0.25, 0.3) is 0 Å². The number of aliphatic hydroxyl groups excluding tert-OH is 1. The summed E-state index contributed by atoms with van der Waals surface area (Å²) in [5.74, 6) is -47.0. The smallest absolute Gasteiger partial charge is 0.363 e. The molecular formula is C10H3F19O2. The van der Waals surface area contributed by atoms with Gasteiger partial charge in [0.15, 0.2) is 0 Å². The fourth-order valence-corrected chi connectivity index (χ4v) is 1.36. The zero-order valence-corrected chi connectivity index (χ0v) is 13.2. The number of hydrogen-bond donors (Lipinski definition) is 1. The number of aliphatic hydroxyl groups is 1. The van der Waals surface area contributed by atoms with E-state index in [-0.39, 0.29) is 0 Å². The molecule has 0 bridgehead atoms. The molecule has 0 aliphatic carbocycles. The number of alkyl halides is 19. The quantitative estimate of drug-likeness (QED) is 0.339. The third-order valence-corrected chi connectivity index (χ3v) is 3.18. The van der Waals surface area contributed by atoms with Crippen LogP contribution < -0.4 is 0 Å². The van der Waals surface area contributed by atoms with Crippen molar-refractivity contribution in [3.63, 3.8) is 0 Å². The summed E-state index contributed by atoms with van der Waals surface area (Å²) in [6.07, 6.45) is -26.6. The molecule has 31 heavy (non-hydrogen) atoms. The largest absolute Gasteiger partial charge is 0.460 e. The van der Waals surface area contributed by atoms with Crippen molar-refractivity contribution in [2.75, 3.05) is 0 Å². The van der Waals surface area contributed by atoms with Crippen LogP contribution in [0.15, 0.2) is 0 Å². The Hall–Kier alpha value is -1.41. The summed E-state index contributed by atoms with van der Waals surface area (Å²) in [7, 11) is 0. The van der Waals surface area contributed by atoms with E-state index in [0.717, 1.165) is 0 Å². The average molecular weight is 516 g/mol. The molecule has 2 unspecified atom stereocenters. The molecule has 0 saturated carbocycles. The highest BCUT2D eigenvalue weighted by molar-refractivity contribution is 5.07. The monoisotopic (exact) mass is 516 g/mol. The van der Waals surface area contributed by atoms with Crippen molar-refractivity contribution in [1.29, 1.82) is 0 Å². The number of hydrogen-bond acceptors (Lipinski definition) is 2. The van der Waals surface area contributed by atoms with E-state index in [1.54, 1.807) is 0 Å². The minimum absolute atomic E-state index is 2.01. The molecule has 2 atom stereocenters. The van der Waals surface area contributed by atoms with Crippen LogP contribution in [-0.4, -0.2) is 65.6 Å². The molecule has 0 heterocycles. The molecule has 0 aliphatic rings. The topological polar surface area (TPSA) is 29.5 Å². The molecule has 0 saturated heterocycles. The Balaban J connectivity index is 6.10. The first-order valence-corrected chi connectivity index (χ1v) is 6.43. The molecule has 0 spiro atoms. The fraction of sp³-hybridized carbons (Fsp3) is 1.00. The summed E-state index contributed by atoms with van der Waals surface area (Å²) in [6, 6.07) is 0. The summed E-state index contributed by atoms with van der Waals surface area (Å²) in [4.78, 5) is 0. The van der Waals surface area contributed by atoms with Crippen molar-refractivity contribution in [1.82, 2.24) is 0 Å². The van der Waals surface area contributed by atoms with E-state index < -0.39 is 60.5 Å². The van der Waals surface area contributed by atoms with Gasteiger partial charge in [-0.15, -0.1) is 0 Å². The van der Waals surface area contributed by atoms with Gasteiger partial charge in [-0.3, -0.25) is 0 Å². The maximum Gasteiger partial charge on any atom is 0.460 e. The third kappa shape index (κ3) is 4.30. The summed E-state index contributed by atoms with van der Waals surface area (Å²) < 4.78 is 239. The predicted molar refractivity (Wildman–Crippen MR) is 53.8 cm³/mol. The van der Waals surface area contributed by atoms with Crippen molar-refractivity contribution >= 4 is 0 Å². The summed E-state index contributed by atoms with van der Waals surface area (Å²) in [5, 5.41) is 8.28. The second-order valence-corrected chi connectivity index (χ2v) is 5.34. The van der Waals surface area contributed by atoms with Crippen molar-refractivity contribution < 1.29 is 93.3 Å². The molecule has 0 aromatic heterocycles. The summed E-state index contributed by atoms with van der Waals surface area (Å²) >= 11 is 0. The number of ether oxygens (including phenoxy) is 1. The molecule has 0 aromatic rings. The van der Waals surface area contributed by atoms with E-state index in [4.69, 9.17) is 5.11 Å². The fourth-order valence-electron chi connectivity index (χ4n) is 1.36. The van der Waals surface area contributed by atoms with Crippen LogP contribution in [0.3, 0.4) is 0 Å². The van der Waals surface area contributed by atoms with E-state index in [2.05, 4.69) is 0 Å². The first kappa shape index (κ1) is 29.6. The maximum atomic E-state index is 13.1. The first-order valence-electron chi connectivity index (χ1n) is 6.43. The Bertz CT molecular complexity index is 631. The molecule has 0 aliphatic heterocycles. The van der Waals surface area contributed by atoms with Crippen LogP contribution >= 0.6 is 0 Å². The van der Waals surface area contributed by atoms with Gasteiger partial charge in [-0.2, -0.15) is 79.0 Å². The van der Waals surface area contributed by atoms with Crippen molar-refractivity contribution in [3.8, 4) is 0 Å². The molecule has 0 amide bonds. The van der Waals surface area contributed by atoms with Gasteiger partial charge in [0, 0.05) is 0 Å². The highest BCUT2D eigenvalue weighted by Crippen LogP contribution is 2.58. The van der Waals surface area contributed by atoms with Crippen molar-refractivity contribution in [2.45, 2.75) is 60.5 Å². The van der Waals surface area contributed by atoms with Gasteiger partial charge < -0.3 is 9.84 Å². The first-order chi connectivity index (χ1) is 13.0. The van der Waals surface area contributed by atoms with Crippen LogP contribution in [0.5, 0.6) is 0 Å². The van der Waals surface area contributed by atoms with E-state index >= 15 is 0 Å². The minimum atomic E-state index is -8.28. The van der Waals surface area contributed by atoms with Crippen LogP contribution in [0.1, 0.15) is 0 Å². The van der Waals surface area contributed by atoms with Crippen LogP contribution in [0, 0.1) is 0 Å². The highest BCUT2D eigenvalue weighted by Gasteiger charge is 2.89. The van der Waals surface area contributed by atoms with Gasteiger partial charge in [-0.1, -0.05) is 0 Å².